The van der Waals surface area contributed by atoms with Gasteiger partial charge in [-0.05, 0) is 31.9 Å². The predicted octanol–water partition coefficient (Wildman–Crippen LogP) is 0.831. The third-order valence-electron chi connectivity index (χ3n) is 3.76. The van der Waals surface area contributed by atoms with Gasteiger partial charge in [-0.15, -0.1) is 0 Å². The number of nitrogens with one attached hydrogen (secondary N) is 1. The quantitative estimate of drug-likeness (QED) is 0.795. The van der Waals surface area contributed by atoms with Crippen molar-refractivity contribution in [1.29, 1.82) is 0 Å². The van der Waals surface area contributed by atoms with Gasteiger partial charge in [0.25, 0.3) is 5.91 Å². The molecule has 0 spiro atoms. The molecule has 1 aromatic rings. The molecule has 1 aromatic carbocycles. The fourth-order valence-corrected chi connectivity index (χ4v) is 3.73. The average Bonchev–Trinajstić information content (AvgIpc) is 2.48. The second-order valence-corrected chi connectivity index (χ2v) is 9.14. The first-order valence-electron chi connectivity index (χ1n) is 7.98. The molecular formula is C17H24N2O5S. The molecule has 1 atom stereocenters. The number of benzene rings is 1. The molecule has 25 heavy (non-hydrogen) atoms. The maximum absolute atomic E-state index is 12.4. The minimum absolute atomic E-state index is 0.114. The Balaban J connectivity index is 2.12. The van der Waals surface area contributed by atoms with E-state index in [0.29, 0.717) is 0 Å². The van der Waals surface area contributed by atoms with Crippen molar-refractivity contribution in [2.75, 3.05) is 12.9 Å². The Hall–Kier alpha value is -1.93. The summed E-state index contributed by atoms with van der Waals surface area (Å²) in [5.74, 6) is -1.15. The normalized spacial score (nSPS) is 18.3. The molecule has 8 heteroatoms. The smallest absolute Gasteiger partial charge is 0.325 e. The molecule has 2 rings (SSSR count). The Morgan fingerprint density at radius 1 is 1.24 bits per heavy atom. The van der Waals surface area contributed by atoms with Crippen LogP contribution in [0.1, 0.15) is 31.9 Å². The van der Waals surface area contributed by atoms with E-state index in [9.17, 15) is 18.0 Å². The Bertz CT molecular complexity index is 767. The monoisotopic (exact) mass is 368 g/mol. The van der Waals surface area contributed by atoms with Gasteiger partial charge in [-0.3, -0.25) is 9.59 Å². The van der Waals surface area contributed by atoms with Crippen LogP contribution in [0.25, 0.3) is 0 Å². The third-order valence-corrected chi connectivity index (χ3v) is 5.00. The van der Waals surface area contributed by atoms with E-state index < -0.39 is 40.1 Å². The molecule has 1 aliphatic rings. The standard InChI is InChI=1S/C17H24N2O5S/c1-17(2,3)18-15(20)11-24-16(21)14-9-12-7-5-6-8-13(12)10-19(14)25(4,22)23/h5-8,14H,9-11H2,1-4H3,(H,18,20)/t14-/m0/s1. The van der Waals surface area contributed by atoms with Gasteiger partial charge in [0.05, 0.1) is 6.26 Å². The van der Waals surface area contributed by atoms with Crippen LogP contribution in [-0.4, -0.2) is 49.0 Å². The molecule has 0 bridgehead atoms. The fourth-order valence-electron chi connectivity index (χ4n) is 2.74. The molecule has 0 saturated heterocycles. The number of hydrogen-bond donors (Lipinski definition) is 1. The van der Waals surface area contributed by atoms with Crippen molar-refractivity contribution < 1.29 is 22.7 Å². The van der Waals surface area contributed by atoms with Crippen LogP contribution in [0.5, 0.6) is 0 Å². The van der Waals surface area contributed by atoms with Gasteiger partial charge in [0.1, 0.15) is 6.04 Å². The number of carbonyl (C=O) groups is 2. The number of esters is 1. The number of nitrogens with zero attached hydrogens (tertiary/aromatic N) is 1. The topological polar surface area (TPSA) is 92.8 Å². The molecule has 0 saturated carbocycles. The van der Waals surface area contributed by atoms with Crippen LogP contribution in [0.4, 0.5) is 0 Å². The minimum atomic E-state index is -3.60. The Morgan fingerprint density at radius 3 is 2.40 bits per heavy atom. The molecule has 1 heterocycles. The second-order valence-electron chi connectivity index (χ2n) is 7.20. The number of hydrogen-bond acceptors (Lipinski definition) is 5. The maximum Gasteiger partial charge on any atom is 0.325 e. The summed E-state index contributed by atoms with van der Waals surface area (Å²) >= 11 is 0. The third kappa shape index (κ3) is 5.27. The molecular weight excluding hydrogens is 344 g/mol. The first-order chi connectivity index (χ1) is 11.5. The number of rotatable bonds is 4. The van der Waals surface area contributed by atoms with E-state index in [1.54, 1.807) is 0 Å². The van der Waals surface area contributed by atoms with Gasteiger partial charge in [0.15, 0.2) is 6.61 Å². The molecule has 7 nitrogen and oxygen atoms in total. The fraction of sp³-hybridized carbons (Fsp3) is 0.529. The van der Waals surface area contributed by atoms with Gasteiger partial charge in [-0.1, -0.05) is 24.3 Å². The van der Waals surface area contributed by atoms with E-state index in [0.717, 1.165) is 21.7 Å². The van der Waals surface area contributed by atoms with Crippen molar-refractivity contribution in [3.8, 4) is 0 Å². The van der Waals surface area contributed by atoms with Crippen molar-refractivity contribution in [2.24, 2.45) is 0 Å². The number of sulfonamides is 1. The first-order valence-corrected chi connectivity index (χ1v) is 9.83. The van der Waals surface area contributed by atoms with Crippen LogP contribution in [0.15, 0.2) is 24.3 Å². The number of ether oxygens (including phenoxy) is 1. The van der Waals surface area contributed by atoms with Crippen molar-refractivity contribution in [1.82, 2.24) is 9.62 Å². The van der Waals surface area contributed by atoms with Gasteiger partial charge >= 0.3 is 5.97 Å². The predicted molar refractivity (Wildman–Crippen MR) is 93.2 cm³/mol. The van der Waals surface area contributed by atoms with Crippen LogP contribution in [-0.2, 0) is 37.3 Å². The van der Waals surface area contributed by atoms with E-state index in [-0.39, 0.29) is 13.0 Å². The Kier molecular flexibility index (Phi) is 5.53. The second kappa shape index (κ2) is 7.13. The minimum Gasteiger partial charge on any atom is -0.454 e. The summed E-state index contributed by atoms with van der Waals surface area (Å²) in [4.78, 5) is 24.2. The molecule has 1 amide bonds. The molecule has 138 valence electrons. The Labute approximate surface area is 148 Å². The summed E-state index contributed by atoms with van der Waals surface area (Å²) < 4.78 is 30.3. The zero-order valence-electron chi connectivity index (χ0n) is 14.9. The summed E-state index contributed by atoms with van der Waals surface area (Å²) in [5, 5.41) is 2.69. The number of carbonyl (C=O) groups excluding carboxylic acids is 2. The summed E-state index contributed by atoms with van der Waals surface area (Å²) in [6.45, 7) is 5.12. The summed E-state index contributed by atoms with van der Waals surface area (Å²) in [5.41, 5.74) is 1.33. The van der Waals surface area contributed by atoms with Crippen LogP contribution >= 0.6 is 0 Å². The van der Waals surface area contributed by atoms with Gasteiger partial charge in [0.2, 0.25) is 10.0 Å². The molecule has 0 aliphatic carbocycles. The van der Waals surface area contributed by atoms with E-state index in [1.165, 1.54) is 0 Å². The highest BCUT2D eigenvalue weighted by Gasteiger charge is 2.38. The summed E-state index contributed by atoms with van der Waals surface area (Å²) in [7, 11) is -3.60. The lowest BCUT2D eigenvalue weighted by Crippen LogP contribution is -2.50. The van der Waals surface area contributed by atoms with Gasteiger partial charge in [0, 0.05) is 18.5 Å². The Morgan fingerprint density at radius 2 is 1.84 bits per heavy atom. The maximum atomic E-state index is 12.4. The first kappa shape index (κ1) is 19.4. The zero-order valence-corrected chi connectivity index (χ0v) is 15.7. The number of amides is 1. The van der Waals surface area contributed by atoms with Gasteiger partial charge in [-0.25, -0.2) is 8.42 Å². The highest BCUT2D eigenvalue weighted by molar-refractivity contribution is 7.88. The number of fused-ring (bicyclic) bond motifs is 1. The lowest BCUT2D eigenvalue weighted by molar-refractivity contribution is -0.153. The van der Waals surface area contributed by atoms with E-state index >= 15 is 0 Å². The van der Waals surface area contributed by atoms with Crippen molar-refractivity contribution in [3.05, 3.63) is 35.4 Å². The lowest BCUT2D eigenvalue weighted by atomic mass is 9.96. The summed E-state index contributed by atoms with van der Waals surface area (Å²) in [6.07, 6.45) is 1.29. The van der Waals surface area contributed by atoms with Crippen molar-refractivity contribution in [2.45, 2.75) is 45.3 Å². The van der Waals surface area contributed by atoms with Crippen LogP contribution in [0.3, 0.4) is 0 Å². The summed E-state index contributed by atoms with van der Waals surface area (Å²) in [6, 6.07) is 6.41. The highest BCUT2D eigenvalue weighted by Crippen LogP contribution is 2.26. The molecule has 1 aliphatic heterocycles. The van der Waals surface area contributed by atoms with Gasteiger partial charge < -0.3 is 10.1 Å². The lowest BCUT2D eigenvalue weighted by Gasteiger charge is -2.33. The molecule has 0 fully saturated rings. The molecule has 0 radical (unpaired) electrons. The van der Waals surface area contributed by atoms with Gasteiger partial charge in [-0.2, -0.15) is 4.31 Å². The van der Waals surface area contributed by atoms with Crippen molar-refractivity contribution >= 4 is 21.9 Å². The van der Waals surface area contributed by atoms with Crippen LogP contribution in [0, 0.1) is 0 Å². The molecule has 1 N–H and O–H groups in total. The van der Waals surface area contributed by atoms with Crippen molar-refractivity contribution in [3.63, 3.8) is 0 Å². The molecule has 0 unspecified atom stereocenters. The largest absolute Gasteiger partial charge is 0.454 e. The SMILES string of the molecule is CC(C)(C)NC(=O)COC(=O)[C@@H]1Cc2ccccc2CN1S(C)(=O)=O. The van der Waals surface area contributed by atoms with E-state index in [2.05, 4.69) is 5.32 Å². The zero-order chi connectivity index (χ0) is 18.8. The van der Waals surface area contributed by atoms with E-state index in [4.69, 9.17) is 4.74 Å². The van der Waals surface area contributed by atoms with Crippen LogP contribution in [0.2, 0.25) is 0 Å². The van der Waals surface area contributed by atoms with E-state index in [1.807, 2.05) is 45.0 Å². The van der Waals surface area contributed by atoms with Crippen LogP contribution < -0.4 is 5.32 Å². The molecule has 0 aromatic heterocycles. The highest BCUT2D eigenvalue weighted by atomic mass is 32.2. The average molecular weight is 368 g/mol.